The highest BCUT2D eigenvalue weighted by Crippen LogP contribution is 2.19. The summed E-state index contributed by atoms with van der Waals surface area (Å²) < 4.78 is 1.85. The Labute approximate surface area is 128 Å². The van der Waals surface area contributed by atoms with Gasteiger partial charge in [-0.25, -0.2) is 4.98 Å². The van der Waals surface area contributed by atoms with Crippen LogP contribution in [0.15, 0.2) is 30.6 Å². The zero-order chi connectivity index (χ0) is 15.7. The molecule has 1 aromatic carbocycles. The molecule has 0 aliphatic carbocycles. The number of amides is 1. The summed E-state index contributed by atoms with van der Waals surface area (Å²) in [6.07, 6.45) is 1.70. The van der Waals surface area contributed by atoms with Crippen molar-refractivity contribution in [3.63, 3.8) is 0 Å². The second-order valence-electron chi connectivity index (χ2n) is 5.50. The molecule has 2 heterocycles. The molecule has 6 heteroatoms. The summed E-state index contributed by atoms with van der Waals surface area (Å²) in [6.45, 7) is 6.11. The minimum Gasteiger partial charge on any atom is -0.348 e. The van der Waals surface area contributed by atoms with Crippen LogP contribution in [0.5, 0.6) is 0 Å². The summed E-state index contributed by atoms with van der Waals surface area (Å²) in [4.78, 5) is 16.6. The zero-order valence-electron chi connectivity index (χ0n) is 12.9. The third-order valence-electron chi connectivity index (χ3n) is 3.84. The number of nitrogens with zero attached hydrogens (tertiary/aromatic N) is 3. The molecule has 6 nitrogen and oxygen atoms in total. The van der Waals surface area contributed by atoms with E-state index in [0.717, 1.165) is 28.0 Å². The summed E-state index contributed by atoms with van der Waals surface area (Å²) in [5.74, 6) is -0.0457. The van der Waals surface area contributed by atoms with Gasteiger partial charge < -0.3 is 9.88 Å². The SMILES string of the molecule is Cc1n[nH]c(C)c1C(C)NC(=O)Cn1cnc2ccccc21. The number of para-hydroxylation sites is 2. The lowest BCUT2D eigenvalue weighted by Gasteiger charge is -2.15. The molecule has 0 fully saturated rings. The molecule has 3 rings (SSSR count). The average Bonchev–Trinajstić information content (AvgIpc) is 3.03. The van der Waals surface area contributed by atoms with Crippen molar-refractivity contribution in [1.82, 2.24) is 25.1 Å². The number of nitrogens with one attached hydrogen (secondary N) is 2. The van der Waals surface area contributed by atoms with Gasteiger partial charge >= 0.3 is 0 Å². The van der Waals surface area contributed by atoms with Gasteiger partial charge in [-0.05, 0) is 32.9 Å². The molecule has 0 spiro atoms. The topological polar surface area (TPSA) is 75.6 Å². The number of aryl methyl sites for hydroxylation is 2. The van der Waals surface area contributed by atoms with Gasteiger partial charge in [0.15, 0.2) is 0 Å². The van der Waals surface area contributed by atoms with Crippen molar-refractivity contribution in [3.8, 4) is 0 Å². The molecular formula is C16H19N5O. The van der Waals surface area contributed by atoms with E-state index in [1.54, 1.807) is 6.33 Å². The standard InChI is InChI=1S/C16H19N5O/c1-10(16-11(2)19-20-12(16)3)18-15(22)8-21-9-17-13-6-4-5-7-14(13)21/h4-7,9-10H,8H2,1-3H3,(H,18,22)(H,19,20). The van der Waals surface area contributed by atoms with Crippen molar-refractivity contribution in [2.24, 2.45) is 0 Å². The molecule has 1 amide bonds. The lowest BCUT2D eigenvalue weighted by molar-refractivity contribution is -0.122. The van der Waals surface area contributed by atoms with Gasteiger partial charge in [0.25, 0.3) is 0 Å². The molecule has 0 bridgehead atoms. The van der Waals surface area contributed by atoms with Crippen LogP contribution >= 0.6 is 0 Å². The minimum atomic E-state index is -0.0824. The maximum absolute atomic E-state index is 12.3. The zero-order valence-corrected chi connectivity index (χ0v) is 12.9. The molecule has 0 aliphatic heterocycles. The van der Waals surface area contributed by atoms with Crippen molar-refractivity contribution < 1.29 is 4.79 Å². The third-order valence-corrected chi connectivity index (χ3v) is 3.84. The van der Waals surface area contributed by atoms with Crippen LogP contribution in [0.3, 0.4) is 0 Å². The highest BCUT2D eigenvalue weighted by atomic mass is 16.2. The van der Waals surface area contributed by atoms with E-state index in [1.165, 1.54) is 0 Å². The first-order chi connectivity index (χ1) is 10.6. The lowest BCUT2D eigenvalue weighted by Crippen LogP contribution is -2.30. The summed E-state index contributed by atoms with van der Waals surface area (Å²) in [6, 6.07) is 7.69. The fraction of sp³-hybridized carbons (Fsp3) is 0.312. The maximum Gasteiger partial charge on any atom is 0.240 e. The summed E-state index contributed by atoms with van der Waals surface area (Å²) in [5, 5.41) is 10.1. The van der Waals surface area contributed by atoms with E-state index in [-0.39, 0.29) is 18.5 Å². The second-order valence-corrected chi connectivity index (χ2v) is 5.50. The van der Waals surface area contributed by atoms with Gasteiger partial charge in [-0.15, -0.1) is 0 Å². The second kappa shape index (κ2) is 5.63. The fourth-order valence-corrected chi connectivity index (χ4v) is 2.85. The summed E-state index contributed by atoms with van der Waals surface area (Å²) in [7, 11) is 0. The number of imidazole rings is 1. The number of rotatable bonds is 4. The Bertz CT molecular complexity index is 797. The van der Waals surface area contributed by atoms with E-state index in [9.17, 15) is 4.79 Å². The normalized spacial score (nSPS) is 12.5. The van der Waals surface area contributed by atoms with Crippen molar-refractivity contribution in [1.29, 1.82) is 0 Å². The van der Waals surface area contributed by atoms with Crippen LogP contribution in [0, 0.1) is 13.8 Å². The first-order valence-corrected chi connectivity index (χ1v) is 7.27. The Morgan fingerprint density at radius 1 is 1.36 bits per heavy atom. The van der Waals surface area contributed by atoms with Gasteiger partial charge in [0.2, 0.25) is 5.91 Å². The van der Waals surface area contributed by atoms with Gasteiger partial charge in [0.05, 0.1) is 29.1 Å². The largest absolute Gasteiger partial charge is 0.348 e. The van der Waals surface area contributed by atoms with E-state index >= 15 is 0 Å². The highest BCUT2D eigenvalue weighted by Gasteiger charge is 2.17. The number of aromatic nitrogens is 4. The molecule has 0 radical (unpaired) electrons. The van der Waals surface area contributed by atoms with E-state index < -0.39 is 0 Å². The molecule has 0 aliphatic rings. The predicted molar refractivity (Wildman–Crippen MR) is 84.4 cm³/mol. The molecule has 1 atom stereocenters. The molecular weight excluding hydrogens is 278 g/mol. The number of hydrogen-bond acceptors (Lipinski definition) is 3. The number of fused-ring (bicyclic) bond motifs is 1. The monoisotopic (exact) mass is 297 g/mol. The number of H-pyrrole nitrogens is 1. The molecule has 2 N–H and O–H groups in total. The lowest BCUT2D eigenvalue weighted by atomic mass is 10.1. The Balaban J connectivity index is 1.73. The molecule has 0 saturated heterocycles. The number of carbonyl (C=O) groups is 1. The van der Waals surface area contributed by atoms with Crippen LogP contribution in [0.4, 0.5) is 0 Å². The third kappa shape index (κ3) is 2.59. The Morgan fingerprint density at radius 2 is 2.14 bits per heavy atom. The number of benzene rings is 1. The highest BCUT2D eigenvalue weighted by molar-refractivity contribution is 5.80. The quantitative estimate of drug-likeness (QED) is 0.775. The fourth-order valence-electron chi connectivity index (χ4n) is 2.85. The van der Waals surface area contributed by atoms with Crippen molar-refractivity contribution in [2.75, 3.05) is 0 Å². The van der Waals surface area contributed by atoms with Crippen LogP contribution < -0.4 is 5.32 Å². The smallest absolute Gasteiger partial charge is 0.240 e. The van der Waals surface area contributed by atoms with Gasteiger partial charge in [0, 0.05) is 11.3 Å². The Kier molecular flexibility index (Phi) is 3.66. The molecule has 3 aromatic rings. The van der Waals surface area contributed by atoms with Crippen LogP contribution in [0.2, 0.25) is 0 Å². The van der Waals surface area contributed by atoms with Crippen molar-refractivity contribution in [3.05, 3.63) is 47.5 Å². The number of aromatic amines is 1. The average molecular weight is 297 g/mol. The van der Waals surface area contributed by atoms with Gasteiger partial charge in [-0.2, -0.15) is 5.10 Å². The first-order valence-electron chi connectivity index (χ1n) is 7.27. The molecule has 114 valence electrons. The Hall–Kier alpha value is -2.63. The van der Waals surface area contributed by atoms with Crippen LogP contribution in [0.25, 0.3) is 11.0 Å². The summed E-state index contributed by atoms with van der Waals surface area (Å²) >= 11 is 0. The predicted octanol–water partition coefficient (Wildman–Crippen LogP) is 2.25. The first kappa shape index (κ1) is 14.3. The molecule has 22 heavy (non-hydrogen) atoms. The van der Waals surface area contributed by atoms with Crippen molar-refractivity contribution >= 4 is 16.9 Å². The van der Waals surface area contributed by atoms with Crippen LogP contribution in [-0.2, 0) is 11.3 Å². The van der Waals surface area contributed by atoms with E-state index in [0.29, 0.717) is 0 Å². The van der Waals surface area contributed by atoms with E-state index in [2.05, 4.69) is 20.5 Å². The Morgan fingerprint density at radius 3 is 2.86 bits per heavy atom. The van der Waals surface area contributed by atoms with Gasteiger partial charge in [-0.3, -0.25) is 9.89 Å². The molecule has 0 saturated carbocycles. The maximum atomic E-state index is 12.3. The van der Waals surface area contributed by atoms with Crippen LogP contribution in [0.1, 0.15) is 29.9 Å². The number of carbonyl (C=O) groups excluding carboxylic acids is 1. The minimum absolute atomic E-state index is 0.0457. The van der Waals surface area contributed by atoms with Crippen LogP contribution in [-0.4, -0.2) is 25.7 Å². The molecule has 2 aromatic heterocycles. The van der Waals surface area contributed by atoms with Crippen molar-refractivity contribution in [2.45, 2.75) is 33.4 Å². The summed E-state index contributed by atoms with van der Waals surface area (Å²) in [5.41, 5.74) is 4.80. The van der Waals surface area contributed by atoms with Gasteiger partial charge in [-0.1, -0.05) is 12.1 Å². The van der Waals surface area contributed by atoms with E-state index in [4.69, 9.17) is 0 Å². The molecule has 1 unspecified atom stereocenters. The number of hydrogen-bond donors (Lipinski definition) is 2. The van der Waals surface area contributed by atoms with E-state index in [1.807, 2.05) is 49.6 Å². The van der Waals surface area contributed by atoms with Gasteiger partial charge in [0.1, 0.15) is 6.54 Å².